The first-order chi connectivity index (χ1) is 14.7. The number of benzene rings is 2. The van der Waals surface area contributed by atoms with E-state index >= 15 is 0 Å². The summed E-state index contributed by atoms with van der Waals surface area (Å²) >= 11 is 5.92. The maximum atomic E-state index is 12.8. The molecule has 2 rings (SSSR count). The highest BCUT2D eigenvalue weighted by molar-refractivity contribution is 7.93. The maximum Gasteiger partial charge on any atom is 0.516 e. The molecule has 2 aromatic rings. The number of nitrogens with one attached hydrogen (secondary N) is 1. The van der Waals surface area contributed by atoms with E-state index in [9.17, 15) is 34.8 Å². The summed E-state index contributed by atoms with van der Waals surface area (Å²) < 4.78 is 101. The minimum atomic E-state index is -5.70. The summed E-state index contributed by atoms with van der Waals surface area (Å²) in [5, 5.41) is 3.98. The van der Waals surface area contributed by atoms with Gasteiger partial charge in [0.05, 0.1) is 17.0 Å². The molecule has 32 heavy (non-hydrogen) atoms. The molecular weight excluding hydrogens is 486 g/mol. The van der Waals surface area contributed by atoms with Crippen molar-refractivity contribution in [2.24, 2.45) is 5.16 Å². The van der Waals surface area contributed by atoms with E-state index in [1.54, 1.807) is 6.92 Å². The van der Waals surface area contributed by atoms with Crippen molar-refractivity contribution in [2.45, 2.75) is 38.1 Å². The van der Waals surface area contributed by atoms with Gasteiger partial charge in [-0.3, -0.25) is 4.72 Å². The Bertz CT molecular complexity index is 1070. The summed E-state index contributed by atoms with van der Waals surface area (Å²) in [6.45, 7) is 1.52. The third-order valence-corrected chi connectivity index (χ3v) is 5.35. The zero-order valence-corrected chi connectivity index (χ0v) is 18.0. The van der Waals surface area contributed by atoms with E-state index in [4.69, 9.17) is 16.4 Å². The van der Waals surface area contributed by atoms with Gasteiger partial charge in [0.15, 0.2) is 0 Å². The van der Waals surface area contributed by atoms with Crippen LogP contribution in [0.4, 0.5) is 32.0 Å². The Kier molecular flexibility index (Phi) is 8.05. The van der Waals surface area contributed by atoms with E-state index in [1.807, 2.05) is 0 Å². The third kappa shape index (κ3) is 6.76. The van der Waals surface area contributed by atoms with E-state index in [0.717, 1.165) is 18.2 Å². The zero-order valence-electron chi connectivity index (χ0n) is 16.4. The molecular formula is C19H17ClF6N2O3S. The molecule has 0 bridgehead atoms. The number of alkyl halides is 6. The second kappa shape index (κ2) is 9.99. The molecule has 0 aromatic heterocycles. The Balaban J connectivity index is 2.29. The van der Waals surface area contributed by atoms with E-state index < -0.39 is 33.0 Å². The topological polar surface area (TPSA) is 67.8 Å². The van der Waals surface area contributed by atoms with Crippen LogP contribution in [0.1, 0.15) is 36.5 Å². The van der Waals surface area contributed by atoms with Gasteiger partial charge in [0.25, 0.3) is 0 Å². The smallest absolute Gasteiger partial charge is 0.391 e. The van der Waals surface area contributed by atoms with Crippen molar-refractivity contribution in [2.75, 3.05) is 4.72 Å². The molecule has 0 saturated carbocycles. The van der Waals surface area contributed by atoms with Crippen LogP contribution in [-0.4, -0.2) is 19.6 Å². The van der Waals surface area contributed by atoms with Gasteiger partial charge in [0.1, 0.15) is 6.61 Å². The van der Waals surface area contributed by atoms with Gasteiger partial charge in [-0.1, -0.05) is 42.2 Å². The van der Waals surface area contributed by atoms with Crippen LogP contribution in [0, 0.1) is 0 Å². The van der Waals surface area contributed by atoms with Crippen molar-refractivity contribution in [1.82, 2.24) is 0 Å². The predicted octanol–water partition coefficient (Wildman–Crippen LogP) is 6.34. The molecule has 0 unspecified atom stereocenters. The summed E-state index contributed by atoms with van der Waals surface area (Å²) in [5.74, 6) is 0. The molecule has 0 radical (unpaired) electrons. The van der Waals surface area contributed by atoms with Crippen LogP contribution in [0.3, 0.4) is 0 Å². The fourth-order valence-corrected chi connectivity index (χ4v) is 3.24. The average Bonchev–Trinajstić information content (AvgIpc) is 2.67. The summed E-state index contributed by atoms with van der Waals surface area (Å²) in [5.41, 5.74) is -6.34. The van der Waals surface area contributed by atoms with Crippen molar-refractivity contribution >= 4 is 33.0 Å². The van der Waals surface area contributed by atoms with Crippen molar-refractivity contribution in [3.8, 4) is 0 Å². The largest absolute Gasteiger partial charge is 0.516 e. The van der Waals surface area contributed by atoms with Gasteiger partial charge in [-0.15, -0.1) is 0 Å². The summed E-state index contributed by atoms with van der Waals surface area (Å²) in [4.78, 5) is 5.17. The molecule has 0 aliphatic heterocycles. The molecule has 0 atom stereocenters. The zero-order chi connectivity index (χ0) is 24.2. The fourth-order valence-electron chi connectivity index (χ4n) is 2.49. The van der Waals surface area contributed by atoms with Crippen LogP contribution in [0.25, 0.3) is 0 Å². The highest BCUT2D eigenvalue weighted by atomic mass is 35.5. The number of oxime groups is 1. The molecule has 1 N–H and O–H groups in total. The highest BCUT2D eigenvalue weighted by Crippen LogP contribution is 2.30. The lowest BCUT2D eigenvalue weighted by Gasteiger charge is -2.15. The fraction of sp³-hybridized carbons (Fsp3) is 0.316. The lowest BCUT2D eigenvalue weighted by atomic mass is 10.0. The van der Waals surface area contributed by atoms with Crippen LogP contribution in [-0.2, 0) is 27.6 Å². The molecule has 2 aromatic carbocycles. The first-order valence-electron chi connectivity index (χ1n) is 8.98. The van der Waals surface area contributed by atoms with Gasteiger partial charge >= 0.3 is 21.7 Å². The van der Waals surface area contributed by atoms with E-state index in [1.165, 1.54) is 29.0 Å². The van der Waals surface area contributed by atoms with Gasteiger partial charge < -0.3 is 4.84 Å². The molecule has 0 fully saturated rings. The molecule has 0 aliphatic carbocycles. The number of hydrogen-bond acceptors (Lipinski definition) is 4. The first-order valence-corrected chi connectivity index (χ1v) is 10.8. The Morgan fingerprint density at radius 1 is 1.06 bits per heavy atom. The summed E-state index contributed by atoms with van der Waals surface area (Å²) in [6.07, 6.45) is -3.83. The second-order valence-electron chi connectivity index (χ2n) is 6.50. The Morgan fingerprint density at radius 2 is 1.69 bits per heavy atom. The molecule has 0 spiro atoms. The SMILES string of the molecule is CCCC(=NOCc1ccc(C(F)(F)F)cc1)c1cc(Cl)ccc1NS(=O)(=O)C(F)(F)F. The number of nitrogens with zero attached hydrogens (tertiary/aromatic N) is 1. The van der Waals surface area contributed by atoms with Crippen LogP contribution >= 0.6 is 11.6 Å². The van der Waals surface area contributed by atoms with Gasteiger partial charge in [-0.25, -0.2) is 0 Å². The standard InChI is InChI=1S/C19H17ClF6N2O3S/c1-2-3-16(27-31-11-12-4-6-13(7-5-12)18(21,22)23)15-10-14(20)8-9-17(15)28-32(29,30)19(24,25)26/h4-10,28H,2-3,11H2,1H3. The van der Waals surface area contributed by atoms with Crippen LogP contribution in [0.15, 0.2) is 47.6 Å². The predicted molar refractivity (Wildman–Crippen MR) is 108 cm³/mol. The van der Waals surface area contributed by atoms with E-state index in [2.05, 4.69) is 5.16 Å². The third-order valence-electron chi connectivity index (χ3n) is 4.02. The molecule has 0 amide bonds. The Morgan fingerprint density at radius 3 is 2.22 bits per heavy atom. The van der Waals surface area contributed by atoms with E-state index in [0.29, 0.717) is 12.0 Å². The Hall–Kier alpha value is -2.47. The lowest BCUT2D eigenvalue weighted by Crippen LogP contribution is -2.30. The van der Waals surface area contributed by atoms with E-state index in [-0.39, 0.29) is 29.3 Å². The van der Waals surface area contributed by atoms with Gasteiger partial charge in [0, 0.05) is 10.6 Å². The van der Waals surface area contributed by atoms with Crippen LogP contribution in [0.2, 0.25) is 5.02 Å². The first kappa shape index (κ1) is 25.8. The number of anilines is 1. The van der Waals surface area contributed by atoms with Gasteiger partial charge in [-0.2, -0.15) is 34.8 Å². The normalized spacial score (nSPS) is 13.2. The minimum absolute atomic E-state index is 0.0282. The maximum absolute atomic E-state index is 12.8. The average molecular weight is 503 g/mol. The van der Waals surface area contributed by atoms with Crippen molar-refractivity contribution in [3.05, 3.63) is 64.2 Å². The Labute approximate surface area is 185 Å². The summed E-state index contributed by atoms with van der Waals surface area (Å²) in [6, 6.07) is 7.62. The number of halogens is 7. The number of hydrogen-bond donors (Lipinski definition) is 1. The molecule has 0 saturated heterocycles. The molecule has 0 aliphatic rings. The van der Waals surface area contributed by atoms with Crippen molar-refractivity contribution in [3.63, 3.8) is 0 Å². The van der Waals surface area contributed by atoms with Gasteiger partial charge in [-0.05, 0) is 42.3 Å². The van der Waals surface area contributed by atoms with Crippen LogP contribution < -0.4 is 4.72 Å². The lowest BCUT2D eigenvalue weighted by molar-refractivity contribution is -0.137. The molecule has 13 heteroatoms. The van der Waals surface area contributed by atoms with Gasteiger partial charge in [0.2, 0.25) is 0 Å². The molecule has 5 nitrogen and oxygen atoms in total. The van der Waals surface area contributed by atoms with Crippen LogP contribution in [0.5, 0.6) is 0 Å². The summed E-state index contributed by atoms with van der Waals surface area (Å²) in [7, 11) is -5.70. The van der Waals surface area contributed by atoms with Crippen molar-refractivity contribution < 1.29 is 39.6 Å². The second-order valence-corrected chi connectivity index (χ2v) is 8.61. The number of sulfonamides is 1. The molecule has 0 heterocycles. The monoisotopic (exact) mass is 502 g/mol. The van der Waals surface area contributed by atoms with Crippen molar-refractivity contribution in [1.29, 1.82) is 0 Å². The highest BCUT2D eigenvalue weighted by Gasteiger charge is 2.46. The quantitative estimate of drug-likeness (QED) is 0.260. The molecule has 176 valence electrons. The number of rotatable bonds is 8. The minimum Gasteiger partial charge on any atom is -0.391 e.